The second-order valence-electron chi connectivity index (χ2n) is 5.65. The van der Waals surface area contributed by atoms with Gasteiger partial charge in [-0.15, -0.1) is 0 Å². The third-order valence-electron chi connectivity index (χ3n) is 4.11. The van der Waals surface area contributed by atoms with Crippen molar-refractivity contribution in [3.63, 3.8) is 0 Å². The zero-order valence-corrected chi connectivity index (χ0v) is 12.7. The van der Waals surface area contributed by atoms with Gasteiger partial charge >= 0.3 is 0 Å². The predicted octanol–water partition coefficient (Wildman–Crippen LogP) is 1.68. The van der Waals surface area contributed by atoms with Crippen LogP contribution in [0, 0.1) is 6.92 Å². The van der Waals surface area contributed by atoms with Crippen LogP contribution in [0.3, 0.4) is 0 Å². The lowest BCUT2D eigenvalue weighted by molar-refractivity contribution is 0.0985. The van der Waals surface area contributed by atoms with E-state index in [0.717, 1.165) is 42.4 Å². The van der Waals surface area contributed by atoms with Crippen LogP contribution in [0.15, 0.2) is 24.5 Å². The third kappa shape index (κ3) is 2.05. The van der Waals surface area contributed by atoms with E-state index < -0.39 is 0 Å². The summed E-state index contributed by atoms with van der Waals surface area (Å²) in [6, 6.07) is 4.33. The predicted molar refractivity (Wildman–Crippen MR) is 83.4 cm³/mol. The number of aromatic amines is 1. The van der Waals surface area contributed by atoms with Crippen molar-refractivity contribution in [2.75, 3.05) is 24.7 Å². The highest BCUT2D eigenvalue weighted by atomic mass is 16.5. The monoisotopic (exact) mass is 298 g/mol. The van der Waals surface area contributed by atoms with Crippen molar-refractivity contribution in [3.8, 4) is 5.82 Å². The Hall–Kier alpha value is -2.41. The number of nitrogens with one attached hydrogen (secondary N) is 1. The number of ether oxygens (including phenoxy) is 1. The van der Waals surface area contributed by atoms with Crippen molar-refractivity contribution in [2.24, 2.45) is 0 Å². The smallest absolute Gasteiger partial charge is 0.167 e. The van der Waals surface area contributed by atoms with Crippen LogP contribution in [0.4, 0.5) is 5.82 Å². The number of morpholine rings is 1. The van der Waals surface area contributed by atoms with Gasteiger partial charge in [0.15, 0.2) is 11.5 Å². The average Bonchev–Trinajstić information content (AvgIpc) is 3.16. The van der Waals surface area contributed by atoms with Gasteiger partial charge in [-0.2, -0.15) is 14.9 Å². The zero-order valence-electron chi connectivity index (χ0n) is 12.7. The molecule has 0 aromatic carbocycles. The van der Waals surface area contributed by atoms with E-state index in [9.17, 15) is 0 Å². The van der Waals surface area contributed by atoms with Gasteiger partial charge in [-0.25, -0.2) is 4.98 Å². The fourth-order valence-electron chi connectivity index (χ4n) is 2.90. The number of aryl methyl sites for hydroxylation is 1. The molecule has 1 aliphatic rings. The van der Waals surface area contributed by atoms with Gasteiger partial charge in [-0.3, -0.25) is 5.10 Å². The highest BCUT2D eigenvalue weighted by molar-refractivity contribution is 5.82. The topological polar surface area (TPSA) is 71.9 Å². The molecule has 3 aromatic rings. The molecule has 1 aliphatic heterocycles. The van der Waals surface area contributed by atoms with E-state index in [1.807, 2.05) is 12.3 Å². The summed E-state index contributed by atoms with van der Waals surface area (Å²) in [4.78, 5) is 7.14. The standard InChI is InChI=1S/C15H18N6O/c1-10-7-14(20-5-6-22-9-11(20)2)18-15-12(10)8-17-21(15)13-3-4-16-19-13/h3-4,7-8,11H,5-6,9H2,1-2H3,(H,16,19). The number of fused-ring (bicyclic) bond motifs is 1. The van der Waals surface area contributed by atoms with Gasteiger partial charge in [0, 0.05) is 18.0 Å². The molecule has 1 fully saturated rings. The van der Waals surface area contributed by atoms with Crippen molar-refractivity contribution in [3.05, 3.63) is 30.1 Å². The molecule has 0 saturated carbocycles. The normalized spacial score (nSPS) is 19.0. The molecule has 3 aromatic heterocycles. The molecule has 0 amide bonds. The maximum atomic E-state index is 5.52. The Kier molecular flexibility index (Phi) is 3.07. The molecule has 4 rings (SSSR count). The van der Waals surface area contributed by atoms with Gasteiger partial charge in [-0.05, 0) is 25.5 Å². The second-order valence-corrected chi connectivity index (χ2v) is 5.65. The van der Waals surface area contributed by atoms with Crippen LogP contribution in [-0.4, -0.2) is 50.8 Å². The highest BCUT2D eigenvalue weighted by Gasteiger charge is 2.22. The third-order valence-corrected chi connectivity index (χ3v) is 4.11. The summed E-state index contributed by atoms with van der Waals surface area (Å²) in [6.07, 6.45) is 3.56. The molecular weight excluding hydrogens is 280 g/mol. The number of hydrogen-bond acceptors (Lipinski definition) is 5. The SMILES string of the molecule is Cc1cc(N2CCOCC2C)nc2c1cnn2-c1ccn[nH]1. The first-order chi connectivity index (χ1) is 10.7. The van der Waals surface area contributed by atoms with Gasteiger partial charge in [0.1, 0.15) is 5.82 Å². The lowest BCUT2D eigenvalue weighted by Gasteiger charge is -2.34. The molecule has 22 heavy (non-hydrogen) atoms. The highest BCUT2D eigenvalue weighted by Crippen LogP contribution is 2.25. The number of rotatable bonds is 2. The fraction of sp³-hybridized carbons (Fsp3) is 0.400. The summed E-state index contributed by atoms with van der Waals surface area (Å²) < 4.78 is 7.31. The minimum absolute atomic E-state index is 0.321. The van der Waals surface area contributed by atoms with Crippen LogP contribution in [-0.2, 0) is 4.74 Å². The fourth-order valence-corrected chi connectivity index (χ4v) is 2.90. The molecule has 1 N–H and O–H groups in total. The van der Waals surface area contributed by atoms with E-state index in [1.165, 1.54) is 5.56 Å². The summed E-state index contributed by atoms with van der Waals surface area (Å²) in [5.74, 6) is 1.79. The van der Waals surface area contributed by atoms with E-state index in [4.69, 9.17) is 9.72 Å². The summed E-state index contributed by atoms with van der Waals surface area (Å²) in [5.41, 5.74) is 2.02. The van der Waals surface area contributed by atoms with Gasteiger partial charge in [0.2, 0.25) is 0 Å². The van der Waals surface area contributed by atoms with Crippen molar-refractivity contribution < 1.29 is 4.74 Å². The Bertz CT molecular complexity index is 794. The zero-order chi connectivity index (χ0) is 15.1. The minimum Gasteiger partial charge on any atom is -0.377 e. The first kappa shape index (κ1) is 13.3. The van der Waals surface area contributed by atoms with Gasteiger partial charge in [-0.1, -0.05) is 0 Å². The summed E-state index contributed by atoms with van der Waals surface area (Å²) in [7, 11) is 0. The van der Waals surface area contributed by atoms with Crippen LogP contribution in [0.2, 0.25) is 0 Å². The molecule has 1 atom stereocenters. The minimum atomic E-state index is 0.321. The maximum absolute atomic E-state index is 5.52. The van der Waals surface area contributed by atoms with Gasteiger partial charge in [0.05, 0.1) is 31.6 Å². The quantitative estimate of drug-likeness (QED) is 0.779. The number of anilines is 1. The number of H-pyrrole nitrogens is 1. The van der Waals surface area contributed by atoms with Gasteiger partial charge in [0.25, 0.3) is 0 Å². The van der Waals surface area contributed by atoms with E-state index >= 15 is 0 Å². The van der Waals surface area contributed by atoms with Crippen molar-refractivity contribution in [1.29, 1.82) is 0 Å². The number of aromatic nitrogens is 5. The number of nitrogens with zero attached hydrogens (tertiary/aromatic N) is 5. The van der Waals surface area contributed by atoms with E-state index in [1.54, 1.807) is 10.9 Å². The van der Waals surface area contributed by atoms with Crippen molar-refractivity contribution in [1.82, 2.24) is 25.0 Å². The lowest BCUT2D eigenvalue weighted by atomic mass is 10.2. The first-order valence-electron chi connectivity index (χ1n) is 7.43. The lowest BCUT2D eigenvalue weighted by Crippen LogP contribution is -2.44. The molecule has 0 bridgehead atoms. The Morgan fingerprint density at radius 2 is 2.32 bits per heavy atom. The molecule has 0 radical (unpaired) electrons. The summed E-state index contributed by atoms with van der Waals surface area (Å²) in [5, 5.41) is 12.4. The maximum Gasteiger partial charge on any atom is 0.167 e. The first-order valence-corrected chi connectivity index (χ1v) is 7.43. The summed E-state index contributed by atoms with van der Waals surface area (Å²) >= 11 is 0. The van der Waals surface area contributed by atoms with E-state index in [-0.39, 0.29) is 0 Å². The second kappa shape index (κ2) is 5.10. The molecule has 7 heteroatoms. The molecule has 0 aliphatic carbocycles. The van der Waals surface area contributed by atoms with Gasteiger partial charge < -0.3 is 9.64 Å². The number of pyridine rings is 1. The summed E-state index contributed by atoms with van der Waals surface area (Å²) in [6.45, 7) is 6.59. The Balaban J connectivity index is 1.85. The molecule has 1 saturated heterocycles. The van der Waals surface area contributed by atoms with Crippen LogP contribution in [0.25, 0.3) is 16.9 Å². The molecule has 7 nitrogen and oxygen atoms in total. The van der Waals surface area contributed by atoms with Crippen LogP contribution in [0.1, 0.15) is 12.5 Å². The van der Waals surface area contributed by atoms with Crippen molar-refractivity contribution >= 4 is 16.9 Å². The van der Waals surface area contributed by atoms with Crippen LogP contribution < -0.4 is 4.90 Å². The Labute approximate surface area is 127 Å². The molecule has 114 valence electrons. The van der Waals surface area contributed by atoms with Crippen molar-refractivity contribution in [2.45, 2.75) is 19.9 Å². The Morgan fingerprint density at radius 3 is 3.09 bits per heavy atom. The average molecular weight is 298 g/mol. The number of hydrogen-bond donors (Lipinski definition) is 1. The van der Waals surface area contributed by atoms with Crippen LogP contribution in [0.5, 0.6) is 0 Å². The molecule has 0 spiro atoms. The Morgan fingerprint density at radius 1 is 1.41 bits per heavy atom. The van der Waals surface area contributed by atoms with Crippen LogP contribution >= 0.6 is 0 Å². The van der Waals surface area contributed by atoms with E-state index in [0.29, 0.717) is 6.04 Å². The van der Waals surface area contributed by atoms with E-state index in [2.05, 4.69) is 40.1 Å². The largest absolute Gasteiger partial charge is 0.377 e. The molecular formula is C15H18N6O. The molecule has 4 heterocycles. The molecule has 1 unspecified atom stereocenters.